The van der Waals surface area contributed by atoms with Crippen LogP contribution in [0.15, 0.2) is 24.3 Å². The van der Waals surface area contributed by atoms with Crippen molar-refractivity contribution in [3.63, 3.8) is 0 Å². The highest BCUT2D eigenvalue weighted by Crippen LogP contribution is 2.37. The Labute approximate surface area is 112 Å². The van der Waals surface area contributed by atoms with Crippen LogP contribution >= 0.6 is 11.6 Å². The zero-order valence-corrected chi connectivity index (χ0v) is 11.1. The summed E-state index contributed by atoms with van der Waals surface area (Å²) in [7, 11) is 0. The molecule has 0 unspecified atom stereocenters. The Kier molecular flexibility index (Phi) is 3.46. The van der Waals surface area contributed by atoms with Crippen LogP contribution in [0.5, 0.6) is 0 Å². The van der Waals surface area contributed by atoms with Gasteiger partial charge in [0.1, 0.15) is 0 Å². The molecule has 1 saturated carbocycles. The van der Waals surface area contributed by atoms with Crippen molar-refractivity contribution in [2.75, 3.05) is 18.5 Å². The predicted octanol–water partition coefficient (Wildman–Crippen LogP) is 3.44. The maximum atomic E-state index is 6.15. The molecule has 2 fully saturated rings. The summed E-state index contributed by atoms with van der Waals surface area (Å²) in [5.41, 5.74) is 1.02. The average molecular weight is 268 g/mol. The van der Waals surface area contributed by atoms with Crippen molar-refractivity contribution in [3.05, 3.63) is 29.3 Å². The van der Waals surface area contributed by atoms with Gasteiger partial charge in [-0.15, -0.1) is 0 Å². The molecule has 0 bridgehead atoms. The number of para-hydroxylation sites is 1. The summed E-state index contributed by atoms with van der Waals surface area (Å²) in [6.07, 6.45) is 4.06. The molecule has 1 spiro atoms. The Balaban J connectivity index is 1.59. The molecular weight excluding hydrogens is 250 g/mol. The minimum atomic E-state index is -0.279. The SMILES string of the molecule is Clc1ccccc1NC1CCC2(CC1)OCCO2. The van der Waals surface area contributed by atoms with Gasteiger partial charge in [-0.2, -0.15) is 0 Å². The normalized spacial score (nSPS) is 23.4. The van der Waals surface area contributed by atoms with Crippen molar-refractivity contribution in [3.8, 4) is 0 Å². The molecule has 1 aromatic carbocycles. The number of ether oxygens (including phenoxy) is 2. The van der Waals surface area contributed by atoms with Crippen LogP contribution in [0.25, 0.3) is 0 Å². The van der Waals surface area contributed by atoms with Gasteiger partial charge in [0.2, 0.25) is 0 Å². The number of rotatable bonds is 2. The van der Waals surface area contributed by atoms with Crippen molar-refractivity contribution in [2.45, 2.75) is 37.5 Å². The van der Waals surface area contributed by atoms with Gasteiger partial charge in [0.25, 0.3) is 0 Å². The monoisotopic (exact) mass is 267 g/mol. The van der Waals surface area contributed by atoms with Crippen molar-refractivity contribution in [2.24, 2.45) is 0 Å². The summed E-state index contributed by atoms with van der Waals surface area (Å²) < 4.78 is 11.5. The van der Waals surface area contributed by atoms with Crippen molar-refractivity contribution in [1.82, 2.24) is 0 Å². The number of nitrogens with one attached hydrogen (secondary N) is 1. The summed E-state index contributed by atoms with van der Waals surface area (Å²) in [5.74, 6) is -0.279. The lowest BCUT2D eigenvalue weighted by atomic mass is 9.90. The fourth-order valence-corrected chi connectivity index (χ4v) is 2.98. The summed E-state index contributed by atoms with van der Waals surface area (Å²) in [6, 6.07) is 8.35. The molecule has 3 nitrogen and oxygen atoms in total. The number of benzene rings is 1. The molecule has 1 aromatic rings. The van der Waals surface area contributed by atoms with Crippen molar-refractivity contribution in [1.29, 1.82) is 0 Å². The minimum absolute atomic E-state index is 0.279. The lowest BCUT2D eigenvalue weighted by molar-refractivity contribution is -0.177. The zero-order valence-electron chi connectivity index (χ0n) is 10.3. The van der Waals surface area contributed by atoms with Gasteiger partial charge < -0.3 is 14.8 Å². The van der Waals surface area contributed by atoms with E-state index in [1.165, 1.54) is 0 Å². The fraction of sp³-hybridized carbons (Fsp3) is 0.571. The number of hydrogen-bond donors (Lipinski definition) is 1. The van der Waals surface area contributed by atoms with Crippen LogP contribution in [0.1, 0.15) is 25.7 Å². The second kappa shape index (κ2) is 5.08. The van der Waals surface area contributed by atoms with Gasteiger partial charge in [0.15, 0.2) is 5.79 Å². The molecule has 0 atom stereocenters. The van der Waals surface area contributed by atoms with Crippen LogP contribution in [0.2, 0.25) is 5.02 Å². The first-order chi connectivity index (χ1) is 8.77. The summed E-state index contributed by atoms with van der Waals surface area (Å²) >= 11 is 6.15. The molecule has 0 amide bonds. The lowest BCUT2D eigenvalue weighted by Crippen LogP contribution is -2.39. The Morgan fingerprint density at radius 2 is 1.78 bits per heavy atom. The molecule has 1 N–H and O–H groups in total. The quantitative estimate of drug-likeness (QED) is 0.890. The standard InChI is InChI=1S/C14H18ClNO2/c15-12-3-1-2-4-13(12)16-11-5-7-14(8-6-11)17-9-10-18-14/h1-4,11,16H,5-10H2. The Bertz CT molecular complexity index is 408. The van der Waals surface area contributed by atoms with Gasteiger partial charge in [-0.1, -0.05) is 23.7 Å². The molecular formula is C14H18ClNO2. The van der Waals surface area contributed by atoms with Gasteiger partial charge in [-0.05, 0) is 25.0 Å². The molecule has 1 aliphatic heterocycles. The summed E-state index contributed by atoms with van der Waals surface area (Å²) in [4.78, 5) is 0. The first-order valence-corrected chi connectivity index (χ1v) is 6.94. The van der Waals surface area contributed by atoms with E-state index in [1.807, 2.05) is 24.3 Å². The predicted molar refractivity (Wildman–Crippen MR) is 72.0 cm³/mol. The molecule has 0 aromatic heterocycles. The van der Waals surface area contributed by atoms with Crippen LogP contribution in [0.4, 0.5) is 5.69 Å². The second-order valence-corrected chi connectivity index (χ2v) is 5.41. The van der Waals surface area contributed by atoms with E-state index in [9.17, 15) is 0 Å². The molecule has 1 heterocycles. The zero-order chi connectivity index (χ0) is 12.4. The molecule has 0 radical (unpaired) electrons. The van der Waals surface area contributed by atoms with E-state index >= 15 is 0 Å². The highest BCUT2D eigenvalue weighted by Gasteiger charge is 2.40. The van der Waals surface area contributed by atoms with Crippen LogP contribution in [-0.4, -0.2) is 25.0 Å². The van der Waals surface area contributed by atoms with Crippen LogP contribution < -0.4 is 5.32 Å². The molecule has 4 heteroatoms. The van der Waals surface area contributed by atoms with Gasteiger partial charge >= 0.3 is 0 Å². The van der Waals surface area contributed by atoms with Gasteiger partial charge in [-0.25, -0.2) is 0 Å². The van der Waals surface area contributed by atoms with E-state index in [0.29, 0.717) is 6.04 Å². The Morgan fingerprint density at radius 3 is 2.44 bits per heavy atom. The smallest absolute Gasteiger partial charge is 0.168 e. The molecule has 18 heavy (non-hydrogen) atoms. The van der Waals surface area contributed by atoms with Crippen molar-refractivity contribution >= 4 is 17.3 Å². The molecule has 1 aliphatic carbocycles. The topological polar surface area (TPSA) is 30.5 Å². The Hall–Kier alpha value is -0.770. The molecule has 3 rings (SSSR count). The minimum Gasteiger partial charge on any atom is -0.381 e. The van der Waals surface area contributed by atoms with E-state index in [4.69, 9.17) is 21.1 Å². The van der Waals surface area contributed by atoms with E-state index in [-0.39, 0.29) is 5.79 Å². The third kappa shape index (κ3) is 2.48. The first kappa shape index (κ1) is 12.3. The van der Waals surface area contributed by atoms with Gasteiger partial charge in [0, 0.05) is 18.9 Å². The van der Waals surface area contributed by atoms with Crippen molar-refractivity contribution < 1.29 is 9.47 Å². The molecule has 1 saturated heterocycles. The maximum absolute atomic E-state index is 6.15. The summed E-state index contributed by atoms with van der Waals surface area (Å²) in [5, 5.41) is 4.30. The van der Waals surface area contributed by atoms with Crippen LogP contribution in [0.3, 0.4) is 0 Å². The number of hydrogen-bond acceptors (Lipinski definition) is 3. The second-order valence-electron chi connectivity index (χ2n) is 5.01. The average Bonchev–Trinajstić information content (AvgIpc) is 2.84. The molecule has 98 valence electrons. The largest absolute Gasteiger partial charge is 0.381 e. The number of halogens is 1. The molecule has 2 aliphatic rings. The highest BCUT2D eigenvalue weighted by molar-refractivity contribution is 6.33. The van der Waals surface area contributed by atoms with E-state index < -0.39 is 0 Å². The van der Waals surface area contributed by atoms with Crippen LogP contribution in [0, 0.1) is 0 Å². The highest BCUT2D eigenvalue weighted by atomic mass is 35.5. The maximum Gasteiger partial charge on any atom is 0.168 e. The summed E-state index contributed by atoms with van der Waals surface area (Å²) in [6.45, 7) is 1.48. The fourth-order valence-electron chi connectivity index (χ4n) is 2.79. The van der Waals surface area contributed by atoms with E-state index in [0.717, 1.165) is 49.6 Å². The Morgan fingerprint density at radius 1 is 1.11 bits per heavy atom. The lowest BCUT2D eigenvalue weighted by Gasteiger charge is -2.36. The third-order valence-electron chi connectivity index (χ3n) is 3.79. The van der Waals surface area contributed by atoms with E-state index in [2.05, 4.69) is 5.32 Å². The van der Waals surface area contributed by atoms with Crippen LogP contribution in [-0.2, 0) is 9.47 Å². The van der Waals surface area contributed by atoms with Gasteiger partial charge in [0.05, 0.1) is 23.9 Å². The van der Waals surface area contributed by atoms with Gasteiger partial charge in [-0.3, -0.25) is 0 Å². The first-order valence-electron chi connectivity index (χ1n) is 6.56. The third-order valence-corrected chi connectivity index (χ3v) is 4.12. The number of anilines is 1. The van der Waals surface area contributed by atoms with E-state index in [1.54, 1.807) is 0 Å².